The van der Waals surface area contributed by atoms with E-state index in [1.807, 2.05) is 25.1 Å². The van der Waals surface area contributed by atoms with Crippen LogP contribution in [0, 0.1) is 0 Å². The molecule has 0 aliphatic heterocycles. The fourth-order valence-electron chi connectivity index (χ4n) is 2.82. The highest BCUT2D eigenvalue weighted by Gasteiger charge is 2.12. The van der Waals surface area contributed by atoms with E-state index in [1.54, 1.807) is 12.1 Å². The smallest absolute Gasteiger partial charge is 0.328 e. The third-order valence-corrected chi connectivity index (χ3v) is 3.92. The molecule has 0 radical (unpaired) electrons. The van der Waals surface area contributed by atoms with E-state index in [2.05, 4.69) is 6.92 Å². The standard InChI is InChI=1S/C19H22O3/c1-3-5-6-18-16(13(4-2)12-19(21)22)9-7-14-11-15(20)8-10-17(14)18/h7-12,20H,3-6H2,1-2H3,(H,21,22)/b13-12+. The molecule has 2 N–H and O–H groups in total. The number of unbranched alkanes of at least 4 members (excludes halogenated alkanes) is 1. The number of carboxylic acids is 1. The summed E-state index contributed by atoms with van der Waals surface area (Å²) in [5.74, 6) is -0.664. The summed E-state index contributed by atoms with van der Waals surface area (Å²) in [4.78, 5) is 11.1. The van der Waals surface area contributed by atoms with Gasteiger partial charge in [-0.1, -0.05) is 38.5 Å². The van der Waals surface area contributed by atoms with Gasteiger partial charge in [0.25, 0.3) is 0 Å². The van der Waals surface area contributed by atoms with Crippen molar-refractivity contribution in [1.82, 2.24) is 0 Å². The van der Waals surface area contributed by atoms with Gasteiger partial charge in [0.15, 0.2) is 0 Å². The summed E-state index contributed by atoms with van der Waals surface area (Å²) in [5, 5.41) is 20.8. The maximum Gasteiger partial charge on any atom is 0.328 e. The van der Waals surface area contributed by atoms with Gasteiger partial charge in [-0.15, -0.1) is 0 Å². The summed E-state index contributed by atoms with van der Waals surface area (Å²) in [7, 11) is 0. The molecule has 0 bridgehead atoms. The topological polar surface area (TPSA) is 57.5 Å². The molecule has 0 aromatic heterocycles. The van der Waals surface area contributed by atoms with Crippen molar-refractivity contribution in [2.75, 3.05) is 0 Å². The van der Waals surface area contributed by atoms with Crippen molar-refractivity contribution in [2.45, 2.75) is 39.5 Å². The quantitative estimate of drug-likeness (QED) is 0.755. The van der Waals surface area contributed by atoms with Gasteiger partial charge in [0.1, 0.15) is 5.75 Å². The molecule has 0 aliphatic rings. The lowest BCUT2D eigenvalue weighted by Crippen LogP contribution is -1.98. The monoisotopic (exact) mass is 298 g/mol. The minimum absolute atomic E-state index is 0.249. The third-order valence-electron chi connectivity index (χ3n) is 3.92. The van der Waals surface area contributed by atoms with Gasteiger partial charge in [0.05, 0.1) is 0 Å². The number of benzene rings is 2. The zero-order chi connectivity index (χ0) is 16.1. The van der Waals surface area contributed by atoms with Crippen LogP contribution in [0.3, 0.4) is 0 Å². The Morgan fingerprint density at radius 2 is 1.95 bits per heavy atom. The second-order valence-corrected chi connectivity index (χ2v) is 5.46. The van der Waals surface area contributed by atoms with E-state index in [1.165, 1.54) is 11.6 Å². The number of phenolic OH excluding ortho intramolecular Hbond substituents is 1. The number of hydrogen-bond donors (Lipinski definition) is 2. The lowest BCUT2D eigenvalue weighted by molar-refractivity contribution is -0.131. The zero-order valence-corrected chi connectivity index (χ0v) is 13.1. The molecule has 22 heavy (non-hydrogen) atoms. The van der Waals surface area contributed by atoms with E-state index in [4.69, 9.17) is 5.11 Å². The van der Waals surface area contributed by atoms with Crippen LogP contribution in [-0.2, 0) is 11.2 Å². The zero-order valence-electron chi connectivity index (χ0n) is 13.1. The number of aryl methyl sites for hydroxylation is 1. The third kappa shape index (κ3) is 3.48. The van der Waals surface area contributed by atoms with Gasteiger partial charge in [-0.3, -0.25) is 0 Å². The second-order valence-electron chi connectivity index (χ2n) is 5.46. The Bertz CT molecular complexity index is 714. The first-order valence-electron chi connectivity index (χ1n) is 7.75. The molecule has 0 saturated heterocycles. The van der Waals surface area contributed by atoms with Crippen LogP contribution in [0.15, 0.2) is 36.4 Å². The Hall–Kier alpha value is -2.29. The molecule has 3 nitrogen and oxygen atoms in total. The number of hydrogen-bond acceptors (Lipinski definition) is 2. The van der Waals surface area contributed by atoms with Crippen molar-refractivity contribution >= 4 is 22.3 Å². The number of aliphatic carboxylic acids is 1. The van der Waals surface area contributed by atoms with Crippen molar-refractivity contribution in [3.63, 3.8) is 0 Å². The van der Waals surface area contributed by atoms with E-state index in [0.717, 1.165) is 41.2 Å². The minimum Gasteiger partial charge on any atom is -0.508 e. The molecular weight excluding hydrogens is 276 g/mol. The van der Waals surface area contributed by atoms with E-state index in [9.17, 15) is 9.90 Å². The van der Waals surface area contributed by atoms with Crippen LogP contribution in [0.5, 0.6) is 5.75 Å². The van der Waals surface area contributed by atoms with E-state index < -0.39 is 5.97 Å². The molecule has 2 aromatic rings. The van der Waals surface area contributed by atoms with E-state index in [0.29, 0.717) is 6.42 Å². The fourth-order valence-corrected chi connectivity index (χ4v) is 2.82. The van der Waals surface area contributed by atoms with Crippen LogP contribution in [0.2, 0.25) is 0 Å². The van der Waals surface area contributed by atoms with Crippen molar-refractivity contribution in [3.8, 4) is 5.75 Å². The predicted molar refractivity (Wildman–Crippen MR) is 90.1 cm³/mol. The van der Waals surface area contributed by atoms with Crippen LogP contribution >= 0.6 is 0 Å². The molecule has 0 saturated carbocycles. The maximum absolute atomic E-state index is 11.1. The summed E-state index contributed by atoms with van der Waals surface area (Å²) in [6, 6.07) is 9.29. The van der Waals surface area contributed by atoms with Gasteiger partial charge in [-0.2, -0.15) is 0 Å². The van der Waals surface area contributed by atoms with Crippen LogP contribution in [0.25, 0.3) is 16.3 Å². The lowest BCUT2D eigenvalue weighted by atomic mass is 9.90. The first kappa shape index (κ1) is 16.1. The van der Waals surface area contributed by atoms with Crippen molar-refractivity contribution in [1.29, 1.82) is 0 Å². The molecule has 0 aliphatic carbocycles. The second kappa shape index (κ2) is 7.12. The molecule has 0 heterocycles. The molecule has 2 aromatic carbocycles. The highest BCUT2D eigenvalue weighted by molar-refractivity contribution is 5.95. The summed E-state index contributed by atoms with van der Waals surface area (Å²) in [6.07, 6.45) is 5.02. The highest BCUT2D eigenvalue weighted by Crippen LogP contribution is 2.32. The van der Waals surface area contributed by atoms with Gasteiger partial charge < -0.3 is 10.2 Å². The Morgan fingerprint density at radius 1 is 1.18 bits per heavy atom. The minimum atomic E-state index is -0.913. The van der Waals surface area contributed by atoms with Crippen molar-refractivity contribution in [3.05, 3.63) is 47.5 Å². The number of carboxylic acid groups (broad SMARTS) is 1. The number of allylic oxidation sites excluding steroid dienone is 1. The summed E-state index contributed by atoms with van der Waals surface area (Å²) in [5.41, 5.74) is 3.03. The van der Waals surface area contributed by atoms with Gasteiger partial charge in [0.2, 0.25) is 0 Å². The summed E-state index contributed by atoms with van der Waals surface area (Å²) in [6.45, 7) is 4.11. The number of fused-ring (bicyclic) bond motifs is 1. The molecule has 0 spiro atoms. The molecular formula is C19H22O3. The highest BCUT2D eigenvalue weighted by atomic mass is 16.4. The predicted octanol–water partition coefficient (Wildman–Crippen LogP) is 4.77. The van der Waals surface area contributed by atoms with Crippen molar-refractivity contribution < 1.29 is 15.0 Å². The van der Waals surface area contributed by atoms with Crippen LogP contribution in [0.1, 0.15) is 44.2 Å². The van der Waals surface area contributed by atoms with Gasteiger partial charge in [-0.05, 0) is 58.9 Å². The number of carbonyl (C=O) groups is 1. The largest absolute Gasteiger partial charge is 0.508 e. The Kier molecular flexibility index (Phi) is 5.21. The van der Waals surface area contributed by atoms with Gasteiger partial charge in [-0.25, -0.2) is 4.79 Å². The average Bonchev–Trinajstić information content (AvgIpc) is 2.49. The molecule has 3 heteroatoms. The normalized spacial score (nSPS) is 11.8. The fraction of sp³-hybridized carbons (Fsp3) is 0.316. The van der Waals surface area contributed by atoms with Gasteiger partial charge in [0, 0.05) is 6.08 Å². The first-order chi connectivity index (χ1) is 10.6. The van der Waals surface area contributed by atoms with E-state index >= 15 is 0 Å². The molecule has 2 rings (SSSR count). The molecule has 0 amide bonds. The number of rotatable bonds is 6. The van der Waals surface area contributed by atoms with E-state index in [-0.39, 0.29) is 5.75 Å². The van der Waals surface area contributed by atoms with Crippen LogP contribution in [0.4, 0.5) is 0 Å². The van der Waals surface area contributed by atoms with Crippen LogP contribution < -0.4 is 0 Å². The molecule has 0 atom stereocenters. The number of phenols is 1. The first-order valence-corrected chi connectivity index (χ1v) is 7.75. The molecule has 0 unspecified atom stereocenters. The summed E-state index contributed by atoms with van der Waals surface area (Å²) >= 11 is 0. The van der Waals surface area contributed by atoms with Crippen molar-refractivity contribution in [2.24, 2.45) is 0 Å². The Labute approximate surface area is 130 Å². The lowest BCUT2D eigenvalue weighted by Gasteiger charge is -2.15. The number of aromatic hydroxyl groups is 1. The Balaban J connectivity index is 2.66. The molecule has 0 fully saturated rings. The Morgan fingerprint density at radius 3 is 2.59 bits per heavy atom. The average molecular weight is 298 g/mol. The maximum atomic E-state index is 11.1. The molecule has 116 valence electrons. The summed E-state index contributed by atoms with van der Waals surface area (Å²) < 4.78 is 0. The van der Waals surface area contributed by atoms with Crippen LogP contribution in [-0.4, -0.2) is 16.2 Å². The SMILES string of the molecule is CCCCc1c(/C(=C/C(=O)O)CC)ccc2cc(O)ccc12. The van der Waals surface area contributed by atoms with Gasteiger partial charge >= 0.3 is 5.97 Å².